The Bertz CT molecular complexity index is 825. The average molecular weight is 412 g/mol. The molecule has 0 aromatic heterocycles. The van der Waals surface area contributed by atoms with Gasteiger partial charge >= 0.3 is 0 Å². The van der Waals surface area contributed by atoms with Crippen molar-refractivity contribution in [3.63, 3.8) is 0 Å². The Morgan fingerprint density at radius 3 is 2.62 bits per heavy atom. The number of likely N-dealkylation sites (N-methyl/N-ethyl adjacent to an activating group) is 1. The predicted molar refractivity (Wildman–Crippen MR) is 94.9 cm³/mol. The maximum Gasteiger partial charge on any atom is 0.243 e. The van der Waals surface area contributed by atoms with Crippen LogP contribution in [0.5, 0.6) is 11.5 Å². The molecule has 5 nitrogen and oxygen atoms in total. The fourth-order valence-corrected chi connectivity index (χ4v) is 4.63. The van der Waals surface area contributed by atoms with E-state index < -0.39 is 10.0 Å². The number of para-hydroxylation sites is 2. The fourth-order valence-electron chi connectivity index (χ4n) is 2.55. The van der Waals surface area contributed by atoms with Gasteiger partial charge in [0.25, 0.3) is 0 Å². The molecule has 0 N–H and O–H groups in total. The number of hydrogen-bond acceptors (Lipinski definition) is 4. The van der Waals surface area contributed by atoms with Gasteiger partial charge in [0.05, 0.1) is 11.4 Å². The number of rotatable bonds is 5. The summed E-state index contributed by atoms with van der Waals surface area (Å²) in [5.41, 5.74) is 0. The van der Waals surface area contributed by atoms with E-state index in [9.17, 15) is 8.42 Å². The van der Waals surface area contributed by atoms with Crippen LogP contribution < -0.4 is 9.47 Å². The molecule has 1 unspecified atom stereocenters. The van der Waals surface area contributed by atoms with Gasteiger partial charge in [0.15, 0.2) is 11.5 Å². The Morgan fingerprint density at radius 2 is 1.92 bits per heavy atom. The van der Waals surface area contributed by atoms with Gasteiger partial charge in [-0.2, -0.15) is 4.31 Å². The summed E-state index contributed by atoms with van der Waals surface area (Å²) in [6.07, 6.45) is -0.346. The first-order valence-electron chi connectivity index (χ1n) is 7.65. The summed E-state index contributed by atoms with van der Waals surface area (Å²) in [7, 11) is -3.58. The van der Waals surface area contributed by atoms with E-state index in [0.29, 0.717) is 24.7 Å². The van der Waals surface area contributed by atoms with Gasteiger partial charge in [-0.05, 0) is 30.3 Å². The van der Waals surface area contributed by atoms with Crippen LogP contribution in [0, 0.1) is 0 Å². The normalized spacial score (nSPS) is 17.0. The van der Waals surface area contributed by atoms with E-state index >= 15 is 0 Å². The molecule has 7 heteroatoms. The zero-order valence-corrected chi connectivity index (χ0v) is 15.6. The second-order valence-electron chi connectivity index (χ2n) is 5.41. The van der Waals surface area contributed by atoms with Gasteiger partial charge in [0.1, 0.15) is 12.7 Å². The molecule has 2 aromatic carbocycles. The molecule has 0 bridgehead atoms. The maximum atomic E-state index is 12.8. The van der Waals surface area contributed by atoms with Crippen molar-refractivity contribution in [3.05, 3.63) is 53.0 Å². The first kappa shape index (κ1) is 17.3. The second kappa shape index (κ2) is 7.13. The molecule has 0 aliphatic carbocycles. The summed E-state index contributed by atoms with van der Waals surface area (Å²) >= 11 is 3.31. The number of ether oxygens (including phenoxy) is 2. The molecule has 0 spiro atoms. The van der Waals surface area contributed by atoms with Crippen LogP contribution in [0.2, 0.25) is 0 Å². The van der Waals surface area contributed by atoms with Crippen LogP contribution in [-0.2, 0) is 10.0 Å². The third-order valence-corrected chi connectivity index (χ3v) is 6.19. The summed E-state index contributed by atoms with van der Waals surface area (Å²) < 4.78 is 39.4. The van der Waals surface area contributed by atoms with Crippen molar-refractivity contribution in [1.29, 1.82) is 0 Å². The van der Waals surface area contributed by atoms with Gasteiger partial charge < -0.3 is 9.47 Å². The quantitative estimate of drug-likeness (QED) is 0.757. The van der Waals surface area contributed by atoms with E-state index in [1.807, 2.05) is 31.2 Å². The third-order valence-electron chi connectivity index (χ3n) is 3.76. The highest BCUT2D eigenvalue weighted by Gasteiger charge is 2.29. The van der Waals surface area contributed by atoms with Crippen molar-refractivity contribution >= 4 is 26.0 Å². The van der Waals surface area contributed by atoms with Crippen LogP contribution in [0.1, 0.15) is 6.92 Å². The molecule has 0 fully saturated rings. The molecule has 24 heavy (non-hydrogen) atoms. The van der Waals surface area contributed by atoms with Crippen molar-refractivity contribution < 1.29 is 17.9 Å². The van der Waals surface area contributed by atoms with Crippen LogP contribution in [0.15, 0.2) is 57.9 Å². The van der Waals surface area contributed by atoms with E-state index in [0.717, 1.165) is 4.47 Å². The Labute approximate surface area is 150 Å². The first-order chi connectivity index (χ1) is 11.5. The molecule has 1 heterocycles. The molecular formula is C17H18BrNO4S. The van der Waals surface area contributed by atoms with Gasteiger partial charge in [0.2, 0.25) is 10.0 Å². The lowest BCUT2D eigenvalue weighted by Crippen LogP contribution is -2.43. The average Bonchev–Trinajstić information content (AvgIpc) is 2.59. The molecule has 1 aliphatic rings. The molecule has 0 radical (unpaired) electrons. The lowest BCUT2D eigenvalue weighted by Gasteiger charge is -2.30. The summed E-state index contributed by atoms with van der Waals surface area (Å²) in [5, 5.41) is 0. The zero-order valence-electron chi connectivity index (χ0n) is 13.2. The topological polar surface area (TPSA) is 55.8 Å². The summed E-state index contributed by atoms with van der Waals surface area (Å²) in [4.78, 5) is 0.260. The lowest BCUT2D eigenvalue weighted by molar-refractivity contribution is 0.0771. The van der Waals surface area contributed by atoms with Crippen LogP contribution in [-0.4, -0.2) is 38.5 Å². The number of hydrogen-bond donors (Lipinski definition) is 0. The summed E-state index contributed by atoms with van der Waals surface area (Å²) in [6, 6.07) is 14.1. The molecule has 2 aromatic rings. The molecule has 0 saturated carbocycles. The first-order valence-corrected chi connectivity index (χ1v) is 9.88. The van der Waals surface area contributed by atoms with Crippen LogP contribution in [0.3, 0.4) is 0 Å². The fraction of sp³-hybridized carbons (Fsp3) is 0.294. The standard InChI is InChI=1S/C17H18BrNO4S/c1-2-19(24(20,21)15-7-5-6-13(18)10-15)11-14-12-22-16-8-3-4-9-17(16)23-14/h3-10,14H,2,11-12H2,1H3. The Morgan fingerprint density at radius 1 is 1.17 bits per heavy atom. The molecule has 128 valence electrons. The highest BCUT2D eigenvalue weighted by Crippen LogP contribution is 2.31. The van der Waals surface area contributed by atoms with Gasteiger partial charge in [-0.3, -0.25) is 0 Å². The van der Waals surface area contributed by atoms with Gasteiger partial charge in [-0.1, -0.05) is 41.1 Å². The number of fused-ring (bicyclic) bond motifs is 1. The monoisotopic (exact) mass is 411 g/mol. The Kier molecular flexibility index (Phi) is 5.12. The van der Waals surface area contributed by atoms with Crippen molar-refractivity contribution in [3.8, 4) is 11.5 Å². The van der Waals surface area contributed by atoms with Gasteiger partial charge in [-0.15, -0.1) is 0 Å². The second-order valence-corrected chi connectivity index (χ2v) is 8.26. The molecule has 1 atom stereocenters. The highest BCUT2D eigenvalue weighted by atomic mass is 79.9. The van der Waals surface area contributed by atoms with Crippen molar-refractivity contribution in [2.45, 2.75) is 17.9 Å². The zero-order chi connectivity index (χ0) is 17.2. The smallest absolute Gasteiger partial charge is 0.243 e. The predicted octanol–water partition coefficient (Wildman–Crippen LogP) is 3.30. The van der Waals surface area contributed by atoms with Crippen LogP contribution in [0.25, 0.3) is 0 Å². The Hall–Kier alpha value is -1.57. The summed E-state index contributed by atoms with van der Waals surface area (Å²) in [6.45, 7) is 2.73. The van der Waals surface area contributed by atoms with Crippen molar-refractivity contribution in [2.24, 2.45) is 0 Å². The molecule has 1 aliphatic heterocycles. The minimum atomic E-state index is -3.58. The minimum absolute atomic E-state index is 0.236. The third kappa shape index (κ3) is 3.58. The van der Waals surface area contributed by atoms with E-state index in [4.69, 9.17) is 9.47 Å². The van der Waals surface area contributed by atoms with E-state index in [-0.39, 0.29) is 17.5 Å². The van der Waals surface area contributed by atoms with Gasteiger partial charge in [0, 0.05) is 11.0 Å². The molecule has 0 amide bonds. The van der Waals surface area contributed by atoms with E-state index in [2.05, 4.69) is 15.9 Å². The molecular weight excluding hydrogens is 394 g/mol. The van der Waals surface area contributed by atoms with E-state index in [1.54, 1.807) is 24.3 Å². The minimum Gasteiger partial charge on any atom is -0.486 e. The highest BCUT2D eigenvalue weighted by molar-refractivity contribution is 9.10. The van der Waals surface area contributed by atoms with Crippen molar-refractivity contribution in [2.75, 3.05) is 19.7 Å². The molecule has 0 saturated heterocycles. The van der Waals surface area contributed by atoms with E-state index in [1.165, 1.54) is 4.31 Å². The number of halogens is 1. The van der Waals surface area contributed by atoms with Crippen molar-refractivity contribution in [1.82, 2.24) is 4.31 Å². The number of benzene rings is 2. The largest absolute Gasteiger partial charge is 0.486 e. The molecule has 3 rings (SSSR count). The Balaban J connectivity index is 1.78. The number of nitrogens with zero attached hydrogens (tertiary/aromatic N) is 1. The lowest BCUT2D eigenvalue weighted by atomic mass is 10.2. The summed E-state index contributed by atoms with van der Waals surface area (Å²) in [5.74, 6) is 1.33. The van der Waals surface area contributed by atoms with Gasteiger partial charge in [-0.25, -0.2) is 8.42 Å². The van der Waals surface area contributed by atoms with Crippen LogP contribution >= 0.6 is 15.9 Å². The maximum absolute atomic E-state index is 12.8. The SMILES string of the molecule is CCN(CC1COc2ccccc2O1)S(=O)(=O)c1cccc(Br)c1. The number of sulfonamides is 1. The van der Waals surface area contributed by atoms with Crippen LogP contribution in [0.4, 0.5) is 0 Å².